The van der Waals surface area contributed by atoms with Crippen LogP contribution in [-0.2, 0) is 19.1 Å². The van der Waals surface area contributed by atoms with Gasteiger partial charge in [-0.25, -0.2) is 19.2 Å². The molecule has 0 spiro atoms. The molecular weight excluding hydrogens is 390 g/mol. The minimum atomic E-state index is -1.46. The Morgan fingerprint density at radius 2 is 1.38 bits per heavy atom. The lowest BCUT2D eigenvalue weighted by atomic mass is 10.1. The Balaban J connectivity index is 4.38. The van der Waals surface area contributed by atoms with Gasteiger partial charge in [0.25, 0.3) is 0 Å². The van der Waals surface area contributed by atoms with Crippen LogP contribution in [-0.4, -0.2) is 69.6 Å². The summed E-state index contributed by atoms with van der Waals surface area (Å²) >= 11 is 0. The quantitative estimate of drug-likeness (QED) is 0.248. The van der Waals surface area contributed by atoms with Crippen molar-refractivity contribution in [3.63, 3.8) is 0 Å². The number of carboxylic acids is 3. The normalized spacial score (nSPS) is 12.9. The van der Waals surface area contributed by atoms with Gasteiger partial charge in [0.2, 0.25) is 0 Å². The average molecular weight is 419 g/mol. The molecule has 0 saturated heterocycles. The number of carbonyl (C=O) groups excluding carboxylic acids is 2. The second-order valence-corrected chi connectivity index (χ2v) is 7.26. The van der Waals surface area contributed by atoms with Gasteiger partial charge in [-0.05, 0) is 46.5 Å². The van der Waals surface area contributed by atoms with E-state index in [1.54, 1.807) is 20.8 Å². The molecule has 3 amide bonds. The Hall–Kier alpha value is -3.05. The van der Waals surface area contributed by atoms with Crippen LogP contribution in [0.5, 0.6) is 0 Å². The molecule has 2 atom stereocenters. The van der Waals surface area contributed by atoms with Crippen LogP contribution in [0.3, 0.4) is 0 Å². The maximum Gasteiger partial charge on any atom is 0.407 e. The number of carbonyl (C=O) groups is 5. The van der Waals surface area contributed by atoms with E-state index >= 15 is 0 Å². The third-order valence-electron chi connectivity index (χ3n) is 3.44. The summed E-state index contributed by atoms with van der Waals surface area (Å²) in [5.41, 5.74) is -0.631. The Kier molecular flexibility index (Phi) is 11.1. The summed E-state index contributed by atoms with van der Waals surface area (Å²) in [6, 6.07) is -3.76. The van der Waals surface area contributed by atoms with Crippen molar-refractivity contribution in [2.24, 2.45) is 0 Å². The van der Waals surface area contributed by atoms with Gasteiger partial charge in [-0.3, -0.25) is 4.79 Å². The highest BCUT2D eigenvalue weighted by atomic mass is 16.6. The highest BCUT2D eigenvalue weighted by Gasteiger charge is 2.24. The molecule has 0 rings (SSSR count). The molecular formula is C17H29N3O9. The van der Waals surface area contributed by atoms with Crippen LogP contribution in [0.1, 0.15) is 52.9 Å². The predicted octanol–water partition coefficient (Wildman–Crippen LogP) is 0.752. The van der Waals surface area contributed by atoms with E-state index in [1.165, 1.54) is 0 Å². The van der Waals surface area contributed by atoms with Crippen LogP contribution < -0.4 is 16.0 Å². The van der Waals surface area contributed by atoms with Crippen LogP contribution in [0.2, 0.25) is 0 Å². The topological polar surface area (TPSA) is 191 Å². The third-order valence-corrected chi connectivity index (χ3v) is 3.44. The van der Waals surface area contributed by atoms with Crippen molar-refractivity contribution in [2.45, 2.75) is 70.6 Å². The van der Waals surface area contributed by atoms with Gasteiger partial charge in [0.1, 0.15) is 17.7 Å². The molecule has 0 aliphatic carbocycles. The Morgan fingerprint density at radius 1 is 0.862 bits per heavy atom. The van der Waals surface area contributed by atoms with Gasteiger partial charge in [0.15, 0.2) is 0 Å². The molecule has 1 unspecified atom stereocenters. The average Bonchev–Trinajstić information content (AvgIpc) is 2.54. The van der Waals surface area contributed by atoms with Crippen molar-refractivity contribution < 1.29 is 44.0 Å². The number of hydrogen-bond donors (Lipinski definition) is 6. The number of aliphatic carboxylic acids is 3. The zero-order valence-electron chi connectivity index (χ0n) is 16.7. The molecule has 0 aliphatic heterocycles. The van der Waals surface area contributed by atoms with Crippen molar-refractivity contribution in [2.75, 3.05) is 6.54 Å². The van der Waals surface area contributed by atoms with Crippen molar-refractivity contribution in [1.29, 1.82) is 0 Å². The van der Waals surface area contributed by atoms with E-state index in [1.807, 2.05) is 5.32 Å². The summed E-state index contributed by atoms with van der Waals surface area (Å²) in [6.45, 7) is 5.41. The molecule has 0 radical (unpaired) electrons. The number of urea groups is 1. The summed E-state index contributed by atoms with van der Waals surface area (Å²) in [4.78, 5) is 56.2. The van der Waals surface area contributed by atoms with Gasteiger partial charge >= 0.3 is 30.0 Å². The van der Waals surface area contributed by atoms with Crippen LogP contribution >= 0.6 is 0 Å². The predicted molar refractivity (Wildman–Crippen MR) is 99.5 cm³/mol. The molecule has 166 valence electrons. The van der Waals surface area contributed by atoms with Crippen LogP contribution in [0.25, 0.3) is 0 Å². The van der Waals surface area contributed by atoms with E-state index in [9.17, 15) is 29.1 Å². The highest BCUT2D eigenvalue weighted by Crippen LogP contribution is 2.07. The first-order chi connectivity index (χ1) is 13.3. The molecule has 0 aromatic rings. The molecule has 12 nitrogen and oxygen atoms in total. The highest BCUT2D eigenvalue weighted by molar-refractivity contribution is 5.86. The fourth-order valence-electron chi connectivity index (χ4n) is 2.12. The summed E-state index contributed by atoms with van der Waals surface area (Å²) < 4.78 is 5.05. The number of hydrogen-bond acceptors (Lipinski definition) is 6. The molecule has 0 bridgehead atoms. The fraction of sp³-hybridized carbons (Fsp3) is 0.706. The van der Waals surface area contributed by atoms with Crippen LogP contribution in [0.15, 0.2) is 0 Å². The van der Waals surface area contributed by atoms with E-state index in [0.29, 0.717) is 12.8 Å². The van der Waals surface area contributed by atoms with Gasteiger partial charge in [0, 0.05) is 13.0 Å². The standard InChI is InChI=1S/C17H29N3O9/c1-17(2,3)29-16(28)18-9-5-4-6-10(13(23)24)19-15(27)20-11(14(25)26)7-8-12(21)22/h10-11H,4-9H2,1-3H3,(H,18,28)(H,21,22)(H,23,24)(H,25,26)(H2,19,20,27)/t10?,11-/m0/s1. The molecule has 0 aromatic heterocycles. The van der Waals surface area contributed by atoms with Crippen molar-refractivity contribution in [1.82, 2.24) is 16.0 Å². The Morgan fingerprint density at radius 3 is 1.83 bits per heavy atom. The largest absolute Gasteiger partial charge is 0.481 e. The van der Waals surface area contributed by atoms with Gasteiger partial charge in [-0.1, -0.05) is 0 Å². The number of rotatable bonds is 12. The first-order valence-corrected chi connectivity index (χ1v) is 9.03. The molecule has 29 heavy (non-hydrogen) atoms. The fourth-order valence-corrected chi connectivity index (χ4v) is 2.12. The van der Waals surface area contributed by atoms with E-state index in [4.69, 9.17) is 14.9 Å². The zero-order valence-corrected chi connectivity index (χ0v) is 16.7. The Bertz CT molecular complexity index is 601. The zero-order chi connectivity index (χ0) is 22.6. The third kappa shape index (κ3) is 13.7. The van der Waals surface area contributed by atoms with Crippen LogP contribution in [0, 0.1) is 0 Å². The second kappa shape index (κ2) is 12.4. The van der Waals surface area contributed by atoms with E-state index in [-0.39, 0.29) is 19.4 Å². The molecule has 0 heterocycles. The molecule has 6 N–H and O–H groups in total. The SMILES string of the molecule is CC(C)(C)OC(=O)NCCCCC(NC(=O)N[C@@H](CCC(=O)O)C(=O)O)C(=O)O. The summed E-state index contributed by atoms with van der Waals surface area (Å²) in [7, 11) is 0. The van der Waals surface area contributed by atoms with E-state index in [0.717, 1.165) is 0 Å². The van der Waals surface area contributed by atoms with E-state index < -0.39 is 54.1 Å². The second-order valence-electron chi connectivity index (χ2n) is 7.26. The first kappa shape index (κ1) is 26.0. The number of amides is 3. The minimum absolute atomic E-state index is 0.0472. The van der Waals surface area contributed by atoms with Crippen LogP contribution in [0.4, 0.5) is 9.59 Å². The summed E-state index contributed by atoms with van der Waals surface area (Å²) in [6.07, 6.45) is -0.565. The lowest BCUT2D eigenvalue weighted by molar-refractivity contribution is -0.140. The lowest BCUT2D eigenvalue weighted by Crippen LogP contribution is -2.51. The van der Waals surface area contributed by atoms with Crippen molar-refractivity contribution >= 4 is 30.0 Å². The molecule has 12 heteroatoms. The summed E-state index contributed by atoms with van der Waals surface area (Å²) in [5, 5.41) is 33.5. The number of unbranched alkanes of at least 4 members (excludes halogenated alkanes) is 1. The monoisotopic (exact) mass is 419 g/mol. The van der Waals surface area contributed by atoms with Gasteiger partial charge in [0.05, 0.1) is 0 Å². The molecule has 0 aliphatic rings. The van der Waals surface area contributed by atoms with Gasteiger partial charge in [-0.2, -0.15) is 0 Å². The smallest absolute Gasteiger partial charge is 0.407 e. The number of ether oxygens (including phenoxy) is 1. The maximum atomic E-state index is 11.9. The number of alkyl carbamates (subject to hydrolysis) is 1. The number of nitrogens with one attached hydrogen (secondary N) is 3. The van der Waals surface area contributed by atoms with Gasteiger partial charge in [-0.15, -0.1) is 0 Å². The van der Waals surface area contributed by atoms with Crippen molar-refractivity contribution in [3.8, 4) is 0 Å². The van der Waals surface area contributed by atoms with Crippen molar-refractivity contribution in [3.05, 3.63) is 0 Å². The van der Waals surface area contributed by atoms with E-state index in [2.05, 4.69) is 10.6 Å². The first-order valence-electron chi connectivity index (χ1n) is 9.03. The lowest BCUT2D eigenvalue weighted by Gasteiger charge is -2.20. The number of carboxylic acid groups (broad SMARTS) is 3. The molecule has 0 fully saturated rings. The molecule has 0 aromatic carbocycles. The Labute approximate surface area is 168 Å². The molecule has 0 saturated carbocycles. The minimum Gasteiger partial charge on any atom is -0.481 e. The van der Waals surface area contributed by atoms with Gasteiger partial charge < -0.3 is 36.0 Å². The maximum absolute atomic E-state index is 11.9. The summed E-state index contributed by atoms with van der Waals surface area (Å²) in [5.74, 6) is -3.96.